The van der Waals surface area contributed by atoms with Gasteiger partial charge in [0.2, 0.25) is 5.91 Å². The Bertz CT molecular complexity index is 523. The molecule has 1 aromatic rings. The highest BCUT2D eigenvalue weighted by atomic mass is 16.4. The van der Waals surface area contributed by atoms with Crippen LogP contribution < -0.4 is 11.1 Å². The molecule has 6 heteroatoms. The van der Waals surface area contributed by atoms with Gasteiger partial charge >= 0.3 is 5.97 Å². The fraction of sp³-hybridized carbons (Fsp3) is 0.308. The van der Waals surface area contributed by atoms with Crippen molar-refractivity contribution in [1.29, 1.82) is 0 Å². The molecule has 1 rings (SSSR count). The summed E-state index contributed by atoms with van der Waals surface area (Å²) in [6, 6.07) is 5.86. The molecule has 19 heavy (non-hydrogen) atoms. The maximum Gasteiger partial charge on any atom is 0.336 e. The first-order chi connectivity index (χ1) is 8.75. The molecular weight excluding hydrogens is 248 g/mol. The molecule has 0 atom stereocenters. The van der Waals surface area contributed by atoms with Crippen LogP contribution in [0.4, 0.5) is 0 Å². The first-order valence-electron chi connectivity index (χ1n) is 5.66. The van der Waals surface area contributed by atoms with Crippen LogP contribution in [0, 0.1) is 5.41 Å². The molecule has 6 nitrogen and oxygen atoms in total. The Hall–Kier alpha value is -2.37. The molecule has 102 valence electrons. The van der Waals surface area contributed by atoms with Crippen LogP contribution in [0.25, 0.3) is 0 Å². The standard InChI is InChI=1S/C13H16N2O4/c1-13(2,12(14)19)7-15-10(16)8-5-3-4-6-9(8)11(17)18/h3-6H,7H2,1-2H3,(H2,14,19)(H,15,16)(H,17,18). The lowest BCUT2D eigenvalue weighted by atomic mass is 9.92. The molecule has 4 N–H and O–H groups in total. The molecule has 0 unspecified atom stereocenters. The van der Waals surface area contributed by atoms with E-state index in [4.69, 9.17) is 10.8 Å². The highest BCUT2D eigenvalue weighted by molar-refractivity contribution is 6.04. The minimum Gasteiger partial charge on any atom is -0.478 e. The third-order valence-electron chi connectivity index (χ3n) is 2.76. The summed E-state index contributed by atoms with van der Waals surface area (Å²) in [5, 5.41) is 11.5. The third kappa shape index (κ3) is 3.54. The van der Waals surface area contributed by atoms with E-state index < -0.39 is 23.2 Å². The first-order valence-corrected chi connectivity index (χ1v) is 5.66. The average molecular weight is 264 g/mol. The Morgan fingerprint density at radius 2 is 1.74 bits per heavy atom. The number of nitrogens with one attached hydrogen (secondary N) is 1. The largest absolute Gasteiger partial charge is 0.478 e. The lowest BCUT2D eigenvalue weighted by Crippen LogP contribution is -2.42. The zero-order chi connectivity index (χ0) is 14.6. The fourth-order valence-corrected chi connectivity index (χ4v) is 1.35. The van der Waals surface area contributed by atoms with E-state index in [1.807, 2.05) is 0 Å². The van der Waals surface area contributed by atoms with Gasteiger partial charge in [-0.15, -0.1) is 0 Å². The number of carboxylic acid groups (broad SMARTS) is 1. The van der Waals surface area contributed by atoms with Gasteiger partial charge < -0.3 is 16.2 Å². The van der Waals surface area contributed by atoms with Crippen molar-refractivity contribution in [2.45, 2.75) is 13.8 Å². The second-order valence-corrected chi connectivity index (χ2v) is 4.78. The monoisotopic (exact) mass is 264 g/mol. The summed E-state index contributed by atoms with van der Waals surface area (Å²) in [6.07, 6.45) is 0. The van der Waals surface area contributed by atoms with Crippen LogP contribution in [0.15, 0.2) is 24.3 Å². The Labute approximate surface area is 110 Å². The van der Waals surface area contributed by atoms with E-state index in [2.05, 4.69) is 5.32 Å². The Kier molecular flexibility index (Phi) is 4.26. The zero-order valence-corrected chi connectivity index (χ0v) is 10.8. The summed E-state index contributed by atoms with van der Waals surface area (Å²) in [5.41, 5.74) is 4.26. The Morgan fingerprint density at radius 3 is 2.21 bits per heavy atom. The SMILES string of the molecule is CC(C)(CNC(=O)c1ccccc1C(=O)O)C(N)=O. The quantitative estimate of drug-likeness (QED) is 0.724. The van der Waals surface area contributed by atoms with Gasteiger partial charge in [-0.3, -0.25) is 9.59 Å². The number of rotatable bonds is 5. The molecular formula is C13H16N2O4. The Morgan fingerprint density at radius 1 is 1.21 bits per heavy atom. The van der Waals surface area contributed by atoms with E-state index in [0.717, 1.165) is 0 Å². The number of hydrogen-bond acceptors (Lipinski definition) is 3. The van der Waals surface area contributed by atoms with Crippen LogP contribution >= 0.6 is 0 Å². The number of carboxylic acids is 1. The van der Waals surface area contributed by atoms with Gasteiger partial charge in [-0.2, -0.15) is 0 Å². The van der Waals surface area contributed by atoms with Crippen molar-refractivity contribution < 1.29 is 19.5 Å². The van der Waals surface area contributed by atoms with Crippen molar-refractivity contribution in [3.63, 3.8) is 0 Å². The summed E-state index contributed by atoms with van der Waals surface area (Å²) in [4.78, 5) is 34.0. The molecule has 0 spiro atoms. The van der Waals surface area contributed by atoms with Gasteiger partial charge in [0.1, 0.15) is 0 Å². The Balaban J connectivity index is 2.86. The second kappa shape index (κ2) is 5.51. The lowest BCUT2D eigenvalue weighted by Gasteiger charge is -2.20. The minimum atomic E-state index is -1.18. The lowest BCUT2D eigenvalue weighted by molar-refractivity contribution is -0.125. The minimum absolute atomic E-state index is 0.0368. The topological polar surface area (TPSA) is 109 Å². The second-order valence-electron chi connectivity index (χ2n) is 4.78. The van der Waals surface area contributed by atoms with Crippen molar-refractivity contribution in [3.8, 4) is 0 Å². The highest BCUT2D eigenvalue weighted by Gasteiger charge is 2.26. The van der Waals surface area contributed by atoms with Crippen LogP contribution in [0.5, 0.6) is 0 Å². The van der Waals surface area contributed by atoms with E-state index >= 15 is 0 Å². The highest BCUT2D eigenvalue weighted by Crippen LogP contribution is 2.13. The molecule has 0 radical (unpaired) electrons. The van der Waals surface area contributed by atoms with Gasteiger partial charge in [0.25, 0.3) is 5.91 Å². The molecule has 0 aliphatic heterocycles. The van der Waals surface area contributed by atoms with Crippen LogP contribution in [-0.2, 0) is 4.79 Å². The number of primary amides is 1. The van der Waals surface area contributed by atoms with Crippen molar-refractivity contribution in [2.75, 3.05) is 6.54 Å². The van der Waals surface area contributed by atoms with E-state index in [1.54, 1.807) is 19.9 Å². The van der Waals surface area contributed by atoms with Crippen LogP contribution in [0.2, 0.25) is 0 Å². The number of benzene rings is 1. The molecule has 0 fully saturated rings. The molecule has 2 amide bonds. The molecule has 0 aliphatic rings. The van der Waals surface area contributed by atoms with Gasteiger partial charge in [-0.1, -0.05) is 12.1 Å². The number of amides is 2. The summed E-state index contributed by atoms with van der Waals surface area (Å²) in [5.74, 6) is -2.27. The molecule has 0 heterocycles. The molecule has 0 saturated heterocycles. The van der Waals surface area contributed by atoms with Crippen molar-refractivity contribution >= 4 is 17.8 Å². The smallest absolute Gasteiger partial charge is 0.336 e. The number of carbonyl (C=O) groups is 3. The molecule has 0 saturated carbocycles. The first kappa shape index (κ1) is 14.7. The third-order valence-corrected chi connectivity index (χ3v) is 2.76. The van der Waals surface area contributed by atoms with E-state index in [9.17, 15) is 14.4 Å². The molecule has 0 bridgehead atoms. The van der Waals surface area contributed by atoms with Crippen molar-refractivity contribution in [2.24, 2.45) is 11.1 Å². The maximum absolute atomic E-state index is 11.9. The van der Waals surface area contributed by atoms with Crippen molar-refractivity contribution in [3.05, 3.63) is 35.4 Å². The number of carbonyl (C=O) groups excluding carboxylic acids is 2. The van der Waals surface area contributed by atoms with Crippen LogP contribution in [-0.4, -0.2) is 29.4 Å². The van der Waals surface area contributed by atoms with Crippen LogP contribution in [0.3, 0.4) is 0 Å². The average Bonchev–Trinajstić information content (AvgIpc) is 2.35. The predicted molar refractivity (Wildman–Crippen MR) is 68.7 cm³/mol. The number of hydrogen-bond donors (Lipinski definition) is 3. The summed E-state index contributed by atoms with van der Waals surface area (Å²) >= 11 is 0. The normalized spacial score (nSPS) is 10.8. The number of aromatic carboxylic acids is 1. The predicted octanol–water partition coefficient (Wildman–Crippen LogP) is 0.626. The van der Waals surface area contributed by atoms with Gasteiger partial charge in [0, 0.05) is 6.54 Å². The van der Waals surface area contributed by atoms with Gasteiger partial charge in [0.15, 0.2) is 0 Å². The van der Waals surface area contributed by atoms with E-state index in [-0.39, 0.29) is 17.7 Å². The fourth-order valence-electron chi connectivity index (χ4n) is 1.35. The zero-order valence-electron chi connectivity index (χ0n) is 10.8. The van der Waals surface area contributed by atoms with Crippen LogP contribution in [0.1, 0.15) is 34.6 Å². The molecule has 0 aromatic heterocycles. The summed E-state index contributed by atoms with van der Waals surface area (Å²) in [7, 11) is 0. The van der Waals surface area contributed by atoms with Gasteiger partial charge in [0.05, 0.1) is 16.5 Å². The summed E-state index contributed by atoms with van der Waals surface area (Å²) < 4.78 is 0. The van der Waals surface area contributed by atoms with Gasteiger partial charge in [-0.05, 0) is 26.0 Å². The number of nitrogens with two attached hydrogens (primary N) is 1. The van der Waals surface area contributed by atoms with E-state index in [1.165, 1.54) is 18.2 Å². The molecule has 0 aliphatic carbocycles. The maximum atomic E-state index is 11.9. The molecule has 1 aromatic carbocycles. The van der Waals surface area contributed by atoms with Gasteiger partial charge in [-0.25, -0.2) is 4.79 Å². The van der Waals surface area contributed by atoms with Crippen molar-refractivity contribution in [1.82, 2.24) is 5.32 Å². The van der Waals surface area contributed by atoms with E-state index in [0.29, 0.717) is 0 Å². The summed E-state index contributed by atoms with van der Waals surface area (Å²) in [6.45, 7) is 3.23.